The molecule has 104 heavy (non-hydrogen) atoms. The molecule has 610 valence electrons. The van der Waals surface area contributed by atoms with Crippen LogP contribution in [0.25, 0.3) is 0 Å². The molecule has 17 unspecified atom stereocenters. The average Bonchev–Trinajstić information content (AvgIpc) is 0.783. The third kappa shape index (κ3) is 44.6. The van der Waals surface area contributed by atoms with Gasteiger partial charge in [0.25, 0.3) is 0 Å². The number of ether oxygens (including phenoxy) is 6. The molecule has 3 fully saturated rings. The van der Waals surface area contributed by atoms with Crippen LogP contribution < -0.4 is 5.32 Å². The molecule has 0 aromatic carbocycles. The predicted molar refractivity (Wildman–Crippen MR) is 416 cm³/mol. The van der Waals surface area contributed by atoms with E-state index in [0.717, 1.165) is 57.8 Å². The third-order valence-corrected chi connectivity index (χ3v) is 21.4. The van der Waals surface area contributed by atoms with E-state index in [1.54, 1.807) is 6.08 Å². The van der Waals surface area contributed by atoms with E-state index in [9.17, 15) is 61.0 Å². The largest absolute Gasteiger partial charge is 0.394 e. The maximum atomic E-state index is 13.5. The van der Waals surface area contributed by atoms with Crippen LogP contribution in [0.1, 0.15) is 354 Å². The first-order valence-corrected chi connectivity index (χ1v) is 42.9. The molecule has 0 radical (unpaired) electrons. The molecule has 19 heteroatoms. The lowest BCUT2D eigenvalue weighted by Crippen LogP contribution is -2.66. The number of unbranched alkanes of at least 4 members (excludes halogenated alkanes) is 47. The molecule has 0 aromatic rings. The number of hydrogen-bond donors (Lipinski definition) is 12. The summed E-state index contributed by atoms with van der Waals surface area (Å²) in [5.41, 5.74) is 0. The molecule has 3 aliphatic rings. The van der Waals surface area contributed by atoms with Crippen molar-refractivity contribution in [1.82, 2.24) is 5.32 Å². The Bertz CT molecular complexity index is 2060. The van der Waals surface area contributed by atoms with E-state index in [2.05, 4.69) is 55.6 Å². The van der Waals surface area contributed by atoms with Crippen molar-refractivity contribution >= 4 is 5.91 Å². The van der Waals surface area contributed by atoms with Crippen LogP contribution in [0.3, 0.4) is 0 Å². The van der Waals surface area contributed by atoms with E-state index in [1.165, 1.54) is 270 Å². The fraction of sp³-hybridized carbons (Fsp3) is 0.894. The Morgan fingerprint density at radius 2 is 0.635 bits per heavy atom. The van der Waals surface area contributed by atoms with Gasteiger partial charge in [-0.2, -0.15) is 0 Å². The highest BCUT2D eigenvalue weighted by molar-refractivity contribution is 5.76. The Hall–Kier alpha value is -2.25. The molecule has 0 bridgehead atoms. The third-order valence-electron chi connectivity index (χ3n) is 21.4. The smallest absolute Gasteiger partial charge is 0.220 e. The molecule has 3 rings (SSSR count). The summed E-state index contributed by atoms with van der Waals surface area (Å²) < 4.78 is 34.5. The number of rotatable bonds is 69. The summed E-state index contributed by atoms with van der Waals surface area (Å²) in [6, 6.07) is -0.976. The highest BCUT2D eigenvalue weighted by Crippen LogP contribution is 2.33. The van der Waals surface area contributed by atoms with E-state index in [0.29, 0.717) is 6.42 Å². The molecule has 3 saturated heterocycles. The zero-order valence-electron chi connectivity index (χ0n) is 65.5. The van der Waals surface area contributed by atoms with Gasteiger partial charge >= 0.3 is 0 Å². The minimum absolute atomic E-state index is 0.244. The van der Waals surface area contributed by atoms with Crippen LogP contribution in [0.2, 0.25) is 0 Å². The van der Waals surface area contributed by atoms with Gasteiger partial charge in [-0.1, -0.05) is 339 Å². The first-order valence-electron chi connectivity index (χ1n) is 42.9. The van der Waals surface area contributed by atoms with Crippen molar-refractivity contribution < 1.29 is 89.4 Å². The quantitative estimate of drug-likeness (QED) is 0.0199. The predicted octanol–water partition coefficient (Wildman–Crippen LogP) is 15.2. The number of carbonyl (C=O) groups excluding carboxylic acids is 1. The summed E-state index contributed by atoms with van der Waals surface area (Å²) >= 11 is 0. The second kappa shape index (κ2) is 65.5. The van der Waals surface area contributed by atoms with Gasteiger partial charge in [0.1, 0.15) is 73.2 Å². The van der Waals surface area contributed by atoms with E-state index < -0.39 is 124 Å². The Labute approximate surface area is 631 Å². The lowest BCUT2D eigenvalue weighted by molar-refractivity contribution is -0.379. The number of allylic oxidation sites excluding steroid dienone is 7. The normalized spacial score (nSPS) is 26.1. The molecule has 3 aliphatic heterocycles. The van der Waals surface area contributed by atoms with Gasteiger partial charge in [0.05, 0.1) is 38.6 Å². The molecule has 12 N–H and O–H groups in total. The molecule has 0 aliphatic carbocycles. The van der Waals surface area contributed by atoms with Gasteiger partial charge in [0.15, 0.2) is 18.9 Å². The Kier molecular flexibility index (Phi) is 60.4. The van der Waals surface area contributed by atoms with Crippen LogP contribution in [-0.4, -0.2) is 193 Å². The molecule has 17 atom stereocenters. The Morgan fingerprint density at radius 1 is 0.346 bits per heavy atom. The van der Waals surface area contributed by atoms with Crippen molar-refractivity contribution in [2.45, 2.75) is 458 Å². The van der Waals surface area contributed by atoms with Crippen molar-refractivity contribution in [2.24, 2.45) is 0 Å². The number of nitrogens with one attached hydrogen (secondary N) is 1. The lowest BCUT2D eigenvalue weighted by Gasteiger charge is -2.48. The molecular weight excluding hydrogens is 1320 g/mol. The van der Waals surface area contributed by atoms with Crippen LogP contribution in [-0.2, 0) is 33.2 Å². The van der Waals surface area contributed by atoms with Crippen LogP contribution in [0.15, 0.2) is 48.6 Å². The van der Waals surface area contributed by atoms with Crippen molar-refractivity contribution in [2.75, 3.05) is 26.4 Å². The van der Waals surface area contributed by atoms with Gasteiger partial charge in [-0.3, -0.25) is 4.79 Å². The number of hydrogen-bond acceptors (Lipinski definition) is 18. The van der Waals surface area contributed by atoms with Crippen LogP contribution in [0.4, 0.5) is 0 Å². The van der Waals surface area contributed by atoms with E-state index in [4.69, 9.17) is 28.4 Å². The summed E-state index contributed by atoms with van der Waals surface area (Å²) in [5.74, 6) is -0.270. The van der Waals surface area contributed by atoms with Crippen molar-refractivity contribution in [1.29, 1.82) is 0 Å². The SMILES string of the molecule is CCCCCCC/C=C\C/C=C\C/C=C\CCCCCCCCCCCCCCCCCCC(=O)NC(COC1OC(CO)C(OC2OC(CO)C(OC3OC(CO)C(O)C(O)C3O)C(O)C2O)C(O)C1O)C(O)/C=C/CCCCCCCCCCCCCCCCCCCCCCCCCCCC. The van der Waals surface area contributed by atoms with Gasteiger partial charge in [-0.15, -0.1) is 0 Å². The monoisotopic (exact) mass is 1480 g/mol. The van der Waals surface area contributed by atoms with E-state index >= 15 is 0 Å². The highest BCUT2D eigenvalue weighted by atomic mass is 16.8. The van der Waals surface area contributed by atoms with Gasteiger partial charge in [-0.05, 0) is 57.8 Å². The lowest BCUT2D eigenvalue weighted by atomic mass is 9.96. The first-order chi connectivity index (χ1) is 50.8. The van der Waals surface area contributed by atoms with Crippen LogP contribution in [0.5, 0.6) is 0 Å². The summed E-state index contributed by atoms with van der Waals surface area (Å²) in [6.07, 6.45) is 56.7. The first kappa shape index (κ1) is 96.0. The number of aliphatic hydroxyl groups is 11. The summed E-state index contributed by atoms with van der Waals surface area (Å²) in [6.45, 7) is 1.78. The molecular formula is C85H157NO18. The number of aliphatic hydroxyl groups excluding tert-OH is 11. The highest BCUT2D eigenvalue weighted by Gasteiger charge is 2.54. The molecule has 3 heterocycles. The summed E-state index contributed by atoms with van der Waals surface area (Å²) in [5, 5.41) is 121. The maximum absolute atomic E-state index is 13.5. The van der Waals surface area contributed by atoms with Crippen LogP contribution >= 0.6 is 0 Å². The second-order valence-electron chi connectivity index (χ2n) is 30.6. The van der Waals surface area contributed by atoms with Gasteiger partial charge in [0.2, 0.25) is 5.91 Å². The van der Waals surface area contributed by atoms with E-state index in [1.807, 2.05) is 6.08 Å². The van der Waals surface area contributed by atoms with Gasteiger partial charge < -0.3 is 89.9 Å². The minimum atomic E-state index is -1.98. The standard InChI is InChI=1S/C85H157NO18/c1-3-5-7-9-11-13-15-17-19-21-23-25-27-29-31-33-34-35-37-39-41-43-45-47-49-51-53-55-57-59-61-63-73(91)86-68(69(90)62-60-58-56-54-52-50-48-46-44-42-40-38-36-32-30-28-26-24-22-20-18-16-14-12-10-8-6-4-2)67-99-83-79(97)76(94)81(71(65-88)101-83)104-85-80(98)77(95)82(72(66-89)102-85)103-84-78(96)75(93)74(92)70(64-87)100-84/h15,17,21,23,27,29,60,62,68-72,74-85,87-90,92-98H,3-14,16,18-20,22,24-26,28,30-59,61,63-67H2,1-2H3,(H,86,91)/b17-15-,23-21-,29-27-,62-60+. The second-order valence-corrected chi connectivity index (χ2v) is 30.6. The fourth-order valence-corrected chi connectivity index (χ4v) is 14.5. The van der Waals surface area contributed by atoms with Crippen molar-refractivity contribution in [3.63, 3.8) is 0 Å². The zero-order chi connectivity index (χ0) is 75.3. The fourth-order valence-electron chi connectivity index (χ4n) is 14.5. The molecule has 1 amide bonds. The summed E-state index contributed by atoms with van der Waals surface area (Å²) in [4.78, 5) is 13.5. The Balaban J connectivity index is 1.35. The van der Waals surface area contributed by atoms with Crippen LogP contribution in [0, 0.1) is 0 Å². The molecule has 0 spiro atoms. The number of carbonyl (C=O) groups is 1. The molecule has 19 nitrogen and oxygen atoms in total. The van der Waals surface area contributed by atoms with Crippen molar-refractivity contribution in [3.05, 3.63) is 48.6 Å². The van der Waals surface area contributed by atoms with Gasteiger partial charge in [-0.25, -0.2) is 0 Å². The average molecular weight is 1480 g/mol. The van der Waals surface area contributed by atoms with E-state index in [-0.39, 0.29) is 18.9 Å². The molecule has 0 aromatic heterocycles. The minimum Gasteiger partial charge on any atom is -0.394 e. The Morgan fingerprint density at radius 3 is 0.990 bits per heavy atom. The summed E-state index contributed by atoms with van der Waals surface area (Å²) in [7, 11) is 0. The topological polar surface area (TPSA) is 307 Å². The zero-order valence-corrected chi connectivity index (χ0v) is 65.5. The van der Waals surface area contributed by atoms with Gasteiger partial charge in [0, 0.05) is 6.42 Å². The van der Waals surface area contributed by atoms with Crippen molar-refractivity contribution in [3.8, 4) is 0 Å². The molecule has 0 saturated carbocycles. The number of amides is 1. The maximum Gasteiger partial charge on any atom is 0.220 e.